The summed E-state index contributed by atoms with van der Waals surface area (Å²) in [5, 5.41) is 5.71. The number of ketones is 1. The Labute approximate surface area is 247 Å². The summed E-state index contributed by atoms with van der Waals surface area (Å²) >= 11 is 0. The minimum Gasteiger partial charge on any atom is -0.471 e. The van der Waals surface area contributed by atoms with Gasteiger partial charge >= 0.3 is 6.09 Å². The summed E-state index contributed by atoms with van der Waals surface area (Å²) in [5.41, 5.74) is 2.06. The predicted molar refractivity (Wildman–Crippen MR) is 158 cm³/mol. The van der Waals surface area contributed by atoms with Crippen LogP contribution in [0.25, 0.3) is 0 Å². The Balaban J connectivity index is 1.34. The number of aromatic nitrogens is 2. The van der Waals surface area contributed by atoms with Crippen LogP contribution in [0.2, 0.25) is 0 Å². The number of amides is 3. The number of pyridine rings is 1. The zero-order valence-corrected chi connectivity index (χ0v) is 25.7. The minimum absolute atomic E-state index is 0.0342. The number of likely N-dealkylation sites (tertiary alicyclic amines) is 1. The molecule has 2 aromatic heterocycles. The quantitative estimate of drug-likeness (QED) is 0.386. The molecule has 0 radical (unpaired) electrons. The fourth-order valence-electron chi connectivity index (χ4n) is 5.28. The molecule has 1 fully saturated rings. The van der Waals surface area contributed by atoms with Gasteiger partial charge in [-0.1, -0.05) is 33.6 Å². The number of aromatic amines is 1. The van der Waals surface area contributed by atoms with Crippen molar-refractivity contribution in [2.45, 2.75) is 98.3 Å². The Morgan fingerprint density at radius 2 is 1.90 bits per heavy atom. The first-order valence-corrected chi connectivity index (χ1v) is 14.6. The van der Waals surface area contributed by atoms with E-state index in [1.54, 1.807) is 24.0 Å². The molecule has 1 atom stereocenters. The maximum Gasteiger partial charge on any atom is 0.410 e. The van der Waals surface area contributed by atoms with Crippen molar-refractivity contribution in [3.05, 3.63) is 40.8 Å². The highest BCUT2D eigenvalue weighted by molar-refractivity contribution is 6.06. The normalized spacial score (nSPS) is 17.1. The van der Waals surface area contributed by atoms with Crippen LogP contribution >= 0.6 is 0 Å². The van der Waals surface area contributed by atoms with Gasteiger partial charge in [0, 0.05) is 23.7 Å². The van der Waals surface area contributed by atoms with Crippen molar-refractivity contribution >= 4 is 29.4 Å². The number of hydrogen-bond acceptors (Lipinski definition) is 7. The summed E-state index contributed by atoms with van der Waals surface area (Å²) in [5.74, 6) is -0.356. The molecule has 0 saturated carbocycles. The van der Waals surface area contributed by atoms with Gasteiger partial charge in [-0.05, 0) is 57.6 Å². The fraction of sp³-hybridized carbons (Fsp3) is 0.581. The van der Waals surface area contributed by atoms with Gasteiger partial charge in [-0.15, -0.1) is 0 Å². The number of anilines is 1. The minimum atomic E-state index is -0.769. The SMILES string of the molecule is CCCCC(NC(=O)c1[nH]c2c(c1C)C(=O)CC(C)(C)C2)C(=O)Nc1ccc(OC2CN(C(=O)OC(C)(C)C)C2)nc1. The van der Waals surface area contributed by atoms with E-state index in [0.717, 1.165) is 18.5 Å². The van der Waals surface area contributed by atoms with Gasteiger partial charge in [0.25, 0.3) is 5.91 Å². The molecule has 2 aromatic rings. The number of carbonyl (C=O) groups excluding carboxylic acids is 4. The number of nitrogens with one attached hydrogen (secondary N) is 3. The maximum atomic E-state index is 13.3. The molecule has 1 aliphatic carbocycles. The van der Waals surface area contributed by atoms with Gasteiger partial charge in [0.2, 0.25) is 11.8 Å². The van der Waals surface area contributed by atoms with Crippen molar-refractivity contribution in [1.82, 2.24) is 20.2 Å². The van der Waals surface area contributed by atoms with E-state index in [1.165, 1.54) is 6.20 Å². The standard InChI is InChI=1S/C31H43N5O6/c1-8-9-10-21(35-28(39)26-18(2)25-22(34-26)13-31(6,7)14-23(25)37)27(38)33-19-11-12-24(32-15-19)41-20-16-36(17-20)29(40)42-30(3,4)5/h11-12,15,20-21,34H,8-10,13-14,16-17H2,1-7H3,(H,33,38)(H,35,39). The lowest BCUT2D eigenvalue weighted by Crippen LogP contribution is -2.57. The van der Waals surface area contributed by atoms with Crippen LogP contribution in [0.5, 0.6) is 5.88 Å². The number of carbonyl (C=O) groups is 4. The van der Waals surface area contributed by atoms with Gasteiger partial charge in [0.15, 0.2) is 5.78 Å². The predicted octanol–water partition coefficient (Wildman–Crippen LogP) is 4.80. The van der Waals surface area contributed by atoms with Crippen molar-refractivity contribution in [3.8, 4) is 5.88 Å². The lowest BCUT2D eigenvalue weighted by Gasteiger charge is -2.39. The zero-order valence-electron chi connectivity index (χ0n) is 25.7. The number of Topliss-reactive ketones (excluding diaryl/α,β-unsaturated/α-hetero) is 1. The van der Waals surface area contributed by atoms with Crippen molar-refractivity contribution in [1.29, 1.82) is 0 Å². The monoisotopic (exact) mass is 581 g/mol. The second-order valence-electron chi connectivity index (χ2n) is 13.1. The van der Waals surface area contributed by atoms with Crippen molar-refractivity contribution in [2.75, 3.05) is 18.4 Å². The Morgan fingerprint density at radius 1 is 1.19 bits per heavy atom. The van der Waals surface area contributed by atoms with Crippen LogP contribution in [0.1, 0.15) is 99.3 Å². The van der Waals surface area contributed by atoms with E-state index in [9.17, 15) is 19.2 Å². The van der Waals surface area contributed by atoms with Crippen molar-refractivity contribution in [3.63, 3.8) is 0 Å². The highest BCUT2D eigenvalue weighted by atomic mass is 16.6. The largest absolute Gasteiger partial charge is 0.471 e. The van der Waals surface area contributed by atoms with Crippen LogP contribution in [0, 0.1) is 12.3 Å². The van der Waals surface area contributed by atoms with Crippen LogP contribution in [-0.4, -0.2) is 69.4 Å². The van der Waals surface area contributed by atoms with E-state index >= 15 is 0 Å². The zero-order chi connectivity index (χ0) is 30.8. The van der Waals surface area contributed by atoms with Gasteiger partial charge in [0.1, 0.15) is 23.4 Å². The Bertz CT molecular complexity index is 1330. The van der Waals surface area contributed by atoms with E-state index in [1.807, 2.05) is 41.5 Å². The number of fused-ring (bicyclic) bond motifs is 1. The second kappa shape index (κ2) is 12.1. The molecule has 0 aromatic carbocycles. The van der Waals surface area contributed by atoms with Gasteiger partial charge < -0.3 is 30.0 Å². The number of rotatable bonds is 9. The fourth-order valence-corrected chi connectivity index (χ4v) is 5.28. The van der Waals surface area contributed by atoms with E-state index in [2.05, 4.69) is 20.6 Å². The molecule has 3 heterocycles. The average Bonchev–Trinajstić information content (AvgIpc) is 3.18. The first kappa shape index (κ1) is 31.1. The van der Waals surface area contributed by atoms with Gasteiger partial charge in [-0.3, -0.25) is 14.4 Å². The molecule has 1 saturated heterocycles. The number of H-pyrrole nitrogens is 1. The molecule has 42 heavy (non-hydrogen) atoms. The topological polar surface area (TPSA) is 143 Å². The third-order valence-corrected chi connectivity index (χ3v) is 7.39. The molecular formula is C31H43N5O6. The van der Waals surface area contributed by atoms with E-state index in [4.69, 9.17) is 9.47 Å². The lowest BCUT2D eigenvalue weighted by atomic mass is 9.75. The smallest absolute Gasteiger partial charge is 0.410 e. The van der Waals surface area contributed by atoms with Crippen LogP contribution in [0.15, 0.2) is 18.3 Å². The molecule has 11 heteroatoms. The van der Waals surface area contributed by atoms with Gasteiger partial charge in [-0.25, -0.2) is 9.78 Å². The number of hydrogen-bond donors (Lipinski definition) is 3. The maximum absolute atomic E-state index is 13.3. The molecule has 4 rings (SSSR count). The Morgan fingerprint density at radius 3 is 2.52 bits per heavy atom. The third-order valence-electron chi connectivity index (χ3n) is 7.39. The Kier molecular flexibility index (Phi) is 8.98. The first-order chi connectivity index (χ1) is 19.7. The highest BCUT2D eigenvalue weighted by Gasteiger charge is 2.37. The molecule has 228 valence electrons. The highest BCUT2D eigenvalue weighted by Crippen LogP contribution is 2.36. The second-order valence-corrected chi connectivity index (χ2v) is 13.1. The summed E-state index contributed by atoms with van der Waals surface area (Å²) in [4.78, 5) is 60.4. The molecule has 2 aliphatic rings. The molecule has 1 unspecified atom stereocenters. The van der Waals surface area contributed by atoms with Gasteiger partial charge in [0.05, 0.1) is 25.0 Å². The number of ether oxygens (including phenoxy) is 2. The van der Waals surface area contributed by atoms with E-state index in [-0.39, 0.29) is 29.3 Å². The molecule has 3 amide bonds. The molecule has 1 aliphatic heterocycles. The van der Waals surface area contributed by atoms with Crippen LogP contribution in [0.4, 0.5) is 10.5 Å². The van der Waals surface area contributed by atoms with Crippen LogP contribution < -0.4 is 15.4 Å². The molecular weight excluding hydrogens is 538 g/mol. The first-order valence-electron chi connectivity index (χ1n) is 14.6. The Hall–Kier alpha value is -3.89. The van der Waals surface area contributed by atoms with Crippen LogP contribution in [-0.2, 0) is 16.0 Å². The van der Waals surface area contributed by atoms with Crippen LogP contribution in [0.3, 0.4) is 0 Å². The van der Waals surface area contributed by atoms with E-state index < -0.39 is 17.6 Å². The summed E-state index contributed by atoms with van der Waals surface area (Å²) < 4.78 is 11.2. The summed E-state index contributed by atoms with van der Waals surface area (Å²) in [7, 11) is 0. The summed E-state index contributed by atoms with van der Waals surface area (Å²) in [6.45, 7) is 14.1. The van der Waals surface area contributed by atoms with Crippen molar-refractivity contribution < 1.29 is 28.7 Å². The summed E-state index contributed by atoms with van der Waals surface area (Å²) in [6.07, 6.45) is 4.11. The molecule has 0 bridgehead atoms. The number of nitrogens with zero attached hydrogens (tertiary/aromatic N) is 2. The average molecular weight is 582 g/mol. The molecule has 3 N–H and O–H groups in total. The molecule has 11 nitrogen and oxygen atoms in total. The third kappa shape index (κ3) is 7.49. The number of unbranched alkanes of at least 4 members (excludes halogenated alkanes) is 1. The van der Waals surface area contributed by atoms with Gasteiger partial charge in [-0.2, -0.15) is 0 Å². The molecule has 0 spiro atoms. The summed E-state index contributed by atoms with van der Waals surface area (Å²) in [6, 6.07) is 2.56. The van der Waals surface area contributed by atoms with Crippen molar-refractivity contribution in [2.24, 2.45) is 5.41 Å². The van der Waals surface area contributed by atoms with E-state index in [0.29, 0.717) is 60.7 Å². The lowest BCUT2D eigenvalue weighted by molar-refractivity contribution is -0.118.